The first-order chi connectivity index (χ1) is 12.7. The molecule has 0 radical (unpaired) electrons. The number of para-hydroxylation sites is 1. The molecule has 1 N–H and O–H groups in total. The number of nitrogens with one attached hydrogen (secondary N) is 1. The van der Waals surface area contributed by atoms with E-state index in [2.05, 4.69) is 20.3 Å². The Morgan fingerprint density at radius 3 is 2.96 bits per heavy atom. The molecule has 1 atom stereocenters. The Morgan fingerprint density at radius 2 is 2.19 bits per heavy atom. The number of carbonyl (C=O) groups excluding carboxylic acids is 1. The fraction of sp³-hybridized carbons (Fsp3) is 0.316. The van der Waals surface area contributed by atoms with Gasteiger partial charge in [-0.25, -0.2) is 9.67 Å². The molecule has 1 aliphatic rings. The first-order valence-corrected chi connectivity index (χ1v) is 9.66. The molecule has 0 saturated carbocycles. The van der Waals surface area contributed by atoms with Gasteiger partial charge in [0.05, 0.1) is 23.1 Å². The summed E-state index contributed by atoms with van der Waals surface area (Å²) in [4.78, 5) is 19.4. The molecule has 26 heavy (non-hydrogen) atoms. The summed E-state index contributed by atoms with van der Waals surface area (Å²) in [5, 5.41) is 10.5. The van der Waals surface area contributed by atoms with Gasteiger partial charge in [0.2, 0.25) is 0 Å². The summed E-state index contributed by atoms with van der Waals surface area (Å²) in [5.41, 5.74) is 2.42. The number of hydrogen-bond acceptors (Lipinski definition) is 5. The van der Waals surface area contributed by atoms with Crippen LogP contribution in [0, 0.1) is 6.92 Å². The zero-order chi connectivity index (χ0) is 17.9. The lowest BCUT2D eigenvalue weighted by Crippen LogP contribution is -2.40. The van der Waals surface area contributed by atoms with Crippen molar-refractivity contribution in [2.24, 2.45) is 0 Å². The number of thiazole rings is 1. The summed E-state index contributed by atoms with van der Waals surface area (Å²) >= 11 is 1.65. The first kappa shape index (κ1) is 16.8. The summed E-state index contributed by atoms with van der Waals surface area (Å²) < 4.78 is 1.80. The third kappa shape index (κ3) is 3.22. The van der Waals surface area contributed by atoms with Gasteiger partial charge in [0, 0.05) is 30.7 Å². The minimum absolute atomic E-state index is 0.0735. The maximum absolute atomic E-state index is 12.7. The molecular formula is C19H21N5OS. The van der Waals surface area contributed by atoms with Crippen LogP contribution in [0.4, 0.5) is 5.13 Å². The molecule has 3 aromatic rings. The van der Waals surface area contributed by atoms with E-state index in [9.17, 15) is 4.79 Å². The Hall–Kier alpha value is -2.67. The van der Waals surface area contributed by atoms with Gasteiger partial charge in [0.15, 0.2) is 5.13 Å². The first-order valence-electron chi connectivity index (χ1n) is 8.78. The van der Waals surface area contributed by atoms with Crippen LogP contribution in [0.5, 0.6) is 0 Å². The van der Waals surface area contributed by atoms with Crippen molar-refractivity contribution < 1.29 is 4.79 Å². The number of amides is 1. The zero-order valence-electron chi connectivity index (χ0n) is 14.6. The van der Waals surface area contributed by atoms with E-state index in [4.69, 9.17) is 0 Å². The second-order valence-corrected chi connectivity index (χ2v) is 7.28. The van der Waals surface area contributed by atoms with Crippen LogP contribution in [0.1, 0.15) is 28.9 Å². The van der Waals surface area contributed by atoms with Gasteiger partial charge < -0.3 is 10.2 Å². The van der Waals surface area contributed by atoms with Crippen LogP contribution in [0.3, 0.4) is 0 Å². The number of benzene rings is 1. The van der Waals surface area contributed by atoms with E-state index in [1.165, 1.54) is 0 Å². The quantitative estimate of drug-likeness (QED) is 0.753. The zero-order valence-corrected chi connectivity index (χ0v) is 15.4. The summed E-state index contributed by atoms with van der Waals surface area (Å²) in [6, 6.07) is 10.1. The minimum Gasteiger partial charge on any atom is -0.350 e. The van der Waals surface area contributed by atoms with Gasteiger partial charge in [-0.05, 0) is 31.9 Å². The molecule has 134 valence electrons. The second kappa shape index (κ2) is 7.29. The van der Waals surface area contributed by atoms with Crippen molar-refractivity contribution in [1.82, 2.24) is 20.1 Å². The highest BCUT2D eigenvalue weighted by Gasteiger charge is 2.27. The van der Waals surface area contributed by atoms with Crippen molar-refractivity contribution in [3.05, 3.63) is 59.4 Å². The molecule has 7 heteroatoms. The van der Waals surface area contributed by atoms with E-state index in [0.717, 1.165) is 35.9 Å². The van der Waals surface area contributed by atoms with Crippen LogP contribution in [-0.2, 0) is 0 Å². The average Bonchev–Trinajstić information content (AvgIpc) is 3.40. The summed E-state index contributed by atoms with van der Waals surface area (Å²) in [6.07, 6.45) is 5.67. The molecule has 1 aliphatic heterocycles. The summed E-state index contributed by atoms with van der Waals surface area (Å²) in [7, 11) is 0. The number of carbonyl (C=O) groups is 1. The van der Waals surface area contributed by atoms with Gasteiger partial charge in [-0.1, -0.05) is 18.2 Å². The molecular weight excluding hydrogens is 346 g/mol. The van der Waals surface area contributed by atoms with Crippen LogP contribution in [0.25, 0.3) is 5.69 Å². The summed E-state index contributed by atoms with van der Waals surface area (Å²) in [5.74, 6) is -0.0735. The van der Waals surface area contributed by atoms with Crippen LogP contribution < -0.4 is 10.2 Å². The molecule has 1 amide bonds. The van der Waals surface area contributed by atoms with E-state index in [1.807, 2.05) is 48.8 Å². The molecule has 0 bridgehead atoms. The van der Waals surface area contributed by atoms with Gasteiger partial charge >= 0.3 is 0 Å². The van der Waals surface area contributed by atoms with Crippen LogP contribution >= 0.6 is 11.3 Å². The number of aromatic nitrogens is 3. The molecule has 0 spiro atoms. The maximum Gasteiger partial charge on any atom is 0.254 e. The third-order valence-corrected chi connectivity index (χ3v) is 5.60. The van der Waals surface area contributed by atoms with Gasteiger partial charge in [-0.3, -0.25) is 4.79 Å². The SMILES string of the molecule is Cc1c(C(=O)NC[C@H]2CCCN2c2nccs2)cnn1-c1ccccc1. The van der Waals surface area contributed by atoms with E-state index in [0.29, 0.717) is 18.2 Å². The molecule has 1 saturated heterocycles. The number of hydrogen-bond donors (Lipinski definition) is 1. The van der Waals surface area contributed by atoms with Gasteiger partial charge in [0.25, 0.3) is 5.91 Å². The average molecular weight is 367 g/mol. The van der Waals surface area contributed by atoms with Gasteiger partial charge in [-0.15, -0.1) is 11.3 Å². The smallest absolute Gasteiger partial charge is 0.254 e. The number of nitrogens with zero attached hydrogens (tertiary/aromatic N) is 4. The lowest BCUT2D eigenvalue weighted by Gasteiger charge is -2.24. The Morgan fingerprint density at radius 1 is 1.35 bits per heavy atom. The Labute approximate surface area is 156 Å². The predicted molar refractivity (Wildman–Crippen MR) is 103 cm³/mol. The molecule has 0 aliphatic carbocycles. The lowest BCUT2D eigenvalue weighted by atomic mass is 10.2. The fourth-order valence-electron chi connectivity index (χ4n) is 3.43. The molecule has 1 aromatic carbocycles. The van der Waals surface area contributed by atoms with Crippen molar-refractivity contribution >= 4 is 22.4 Å². The highest BCUT2D eigenvalue weighted by Crippen LogP contribution is 2.26. The molecule has 1 fully saturated rings. The Bertz CT molecular complexity index is 875. The highest BCUT2D eigenvalue weighted by molar-refractivity contribution is 7.13. The molecule has 4 rings (SSSR count). The van der Waals surface area contributed by atoms with Crippen molar-refractivity contribution in [1.29, 1.82) is 0 Å². The molecule has 2 aromatic heterocycles. The Kier molecular flexibility index (Phi) is 4.71. The maximum atomic E-state index is 12.7. The van der Waals surface area contributed by atoms with Crippen molar-refractivity contribution in [2.45, 2.75) is 25.8 Å². The van der Waals surface area contributed by atoms with E-state index in [1.54, 1.807) is 22.2 Å². The topological polar surface area (TPSA) is 63.1 Å². The van der Waals surface area contributed by atoms with Crippen molar-refractivity contribution in [2.75, 3.05) is 18.0 Å². The monoisotopic (exact) mass is 367 g/mol. The molecule has 6 nitrogen and oxygen atoms in total. The van der Waals surface area contributed by atoms with Crippen molar-refractivity contribution in [3.8, 4) is 5.69 Å². The summed E-state index contributed by atoms with van der Waals surface area (Å²) in [6.45, 7) is 3.54. The fourth-order valence-corrected chi connectivity index (χ4v) is 4.17. The van der Waals surface area contributed by atoms with Crippen molar-refractivity contribution in [3.63, 3.8) is 0 Å². The largest absolute Gasteiger partial charge is 0.350 e. The van der Waals surface area contributed by atoms with E-state index in [-0.39, 0.29) is 5.91 Å². The van der Waals surface area contributed by atoms with E-state index < -0.39 is 0 Å². The predicted octanol–water partition coefficient (Wildman–Crippen LogP) is 3.04. The van der Waals surface area contributed by atoms with Crippen LogP contribution in [-0.4, -0.2) is 39.8 Å². The standard InChI is InChI=1S/C19H21N5OS/c1-14-17(13-22-24(14)15-6-3-2-4-7-15)18(25)21-12-16-8-5-10-23(16)19-20-9-11-26-19/h2-4,6-7,9,11,13,16H,5,8,10,12H2,1H3,(H,21,25)/t16-/m1/s1. The molecule has 0 unspecified atom stereocenters. The highest BCUT2D eigenvalue weighted by atomic mass is 32.1. The molecule has 3 heterocycles. The second-order valence-electron chi connectivity index (χ2n) is 6.41. The lowest BCUT2D eigenvalue weighted by molar-refractivity contribution is 0.0950. The number of rotatable bonds is 5. The minimum atomic E-state index is -0.0735. The van der Waals surface area contributed by atoms with Crippen LogP contribution in [0.2, 0.25) is 0 Å². The normalized spacial score (nSPS) is 16.8. The van der Waals surface area contributed by atoms with E-state index >= 15 is 0 Å². The third-order valence-electron chi connectivity index (χ3n) is 4.80. The Balaban J connectivity index is 1.43. The number of anilines is 1. The van der Waals surface area contributed by atoms with Gasteiger partial charge in [-0.2, -0.15) is 5.10 Å². The van der Waals surface area contributed by atoms with Gasteiger partial charge in [0.1, 0.15) is 0 Å². The van der Waals surface area contributed by atoms with Crippen LogP contribution in [0.15, 0.2) is 48.1 Å².